The second kappa shape index (κ2) is 16.1. The first kappa shape index (κ1) is 42.3. The number of cyclic esters (lactones) is 2. The van der Waals surface area contributed by atoms with Crippen LogP contribution in [0.3, 0.4) is 0 Å². The van der Waals surface area contributed by atoms with Crippen LogP contribution < -0.4 is 16.0 Å². The van der Waals surface area contributed by atoms with Crippen LogP contribution >= 0.6 is 0 Å². The lowest BCUT2D eigenvalue weighted by molar-refractivity contribution is -0.135. The normalized spacial score (nSPS) is 36.1. The van der Waals surface area contributed by atoms with Gasteiger partial charge in [-0.05, 0) is 195 Å². The molecular weight excluding hydrogens is 819 g/mol. The lowest BCUT2D eigenvalue weighted by Crippen LogP contribution is -2.58. The number of fused-ring (bicyclic) bond motifs is 2. The predicted octanol–water partition coefficient (Wildman–Crippen LogP) is 10.5. The number of allylic oxidation sites excluding steroid dienone is 6. The van der Waals surface area contributed by atoms with Crippen molar-refractivity contribution in [2.45, 2.75) is 103 Å². The van der Waals surface area contributed by atoms with Crippen molar-refractivity contribution < 1.29 is 24.2 Å². The molecule has 2 saturated heterocycles. The predicted molar refractivity (Wildman–Crippen MR) is 257 cm³/mol. The van der Waals surface area contributed by atoms with Gasteiger partial charge in [0.05, 0.1) is 17.2 Å². The fourth-order valence-electron chi connectivity index (χ4n) is 16.0. The summed E-state index contributed by atoms with van der Waals surface area (Å²) < 4.78 is 13.5. The van der Waals surface area contributed by atoms with Gasteiger partial charge in [0.2, 0.25) is 0 Å². The number of hydrogen-bond acceptors (Lipinski definition) is 8. The second-order valence-corrected chi connectivity index (χ2v) is 21.5. The molecule has 3 saturated carbocycles. The lowest BCUT2D eigenvalue weighted by atomic mass is 9.44. The molecule has 0 radical (unpaired) electrons. The molecule has 5 fully saturated rings. The monoisotopic (exact) mass is 883 g/mol. The van der Waals surface area contributed by atoms with Crippen LogP contribution in [0.15, 0.2) is 125 Å². The second-order valence-electron chi connectivity index (χ2n) is 21.5. The minimum absolute atomic E-state index is 0.00308. The number of rotatable bonds is 9. The maximum absolute atomic E-state index is 15.1. The highest BCUT2D eigenvalue weighted by Gasteiger charge is 2.69. The van der Waals surface area contributed by atoms with Crippen molar-refractivity contribution in [3.05, 3.63) is 142 Å². The summed E-state index contributed by atoms with van der Waals surface area (Å²) in [5, 5.41) is 21.9. The van der Waals surface area contributed by atoms with Gasteiger partial charge >= 0.3 is 11.9 Å². The van der Waals surface area contributed by atoms with Gasteiger partial charge in [-0.25, -0.2) is 9.59 Å². The standard InChI is InChI=1S/C58H65N3O5/c1-4-34(26-35-10-6-5-7-11-35)28-47-58-25-20-42(49(52(58)55(64)65-47)45-29-40(62)14-15-41(45)37-13-8-12-36(27-37)32-59-2)43-16-17-44-50(51(43)58)54(63)66-53(44)38-18-23-56-21-9-22-57(56,31-38)46-30-48(60-3)61-33-39(46)19-24-56/h5-8,10-15,19,24,27-29,34,39,42-43,46,48,51,59-62H,4,9,16-18,20-23,25-26,30-33H2,1-3H3. The van der Waals surface area contributed by atoms with E-state index in [4.69, 9.17) is 9.47 Å². The molecule has 7 aliphatic carbocycles. The summed E-state index contributed by atoms with van der Waals surface area (Å²) in [5.74, 6) is 2.31. The molecular formula is C58H65N3O5. The highest BCUT2D eigenvalue weighted by atomic mass is 16.6. The van der Waals surface area contributed by atoms with E-state index < -0.39 is 5.41 Å². The van der Waals surface area contributed by atoms with Crippen LogP contribution in [-0.4, -0.2) is 43.9 Å². The van der Waals surface area contributed by atoms with Crippen molar-refractivity contribution in [3.63, 3.8) is 0 Å². The number of aromatic hydroxyl groups is 1. The molecule has 10 aliphatic rings. The highest BCUT2D eigenvalue weighted by molar-refractivity contribution is 6.07. The van der Waals surface area contributed by atoms with Gasteiger partial charge in [0.25, 0.3) is 0 Å². The average Bonchev–Trinajstić information content (AvgIpc) is 4.00. The first-order valence-electron chi connectivity index (χ1n) is 25.3. The van der Waals surface area contributed by atoms with E-state index in [1.54, 1.807) is 6.07 Å². The number of phenols is 1. The van der Waals surface area contributed by atoms with E-state index in [-0.39, 0.29) is 52.2 Å². The minimum Gasteiger partial charge on any atom is -0.508 e. The Hall–Kier alpha value is -5.02. The number of carbonyl (C=O) groups is 2. The van der Waals surface area contributed by atoms with E-state index >= 15 is 9.59 Å². The van der Waals surface area contributed by atoms with Crippen LogP contribution in [-0.2, 0) is 32.0 Å². The van der Waals surface area contributed by atoms with Gasteiger partial charge in [0, 0.05) is 30.2 Å². The summed E-state index contributed by atoms with van der Waals surface area (Å²) in [5.41, 5.74) is 9.82. The fraction of sp³-hybridized carbons (Fsp3) is 0.483. The largest absolute Gasteiger partial charge is 0.508 e. The van der Waals surface area contributed by atoms with E-state index in [0.717, 1.165) is 122 Å². The molecule has 13 rings (SSSR count). The number of phenolic OH excluding ortho intramolecular Hbond substituents is 1. The van der Waals surface area contributed by atoms with E-state index in [1.807, 2.05) is 19.2 Å². The number of esters is 2. The Balaban J connectivity index is 1.02. The number of benzene rings is 3. The van der Waals surface area contributed by atoms with Crippen LogP contribution in [0.5, 0.6) is 5.75 Å². The van der Waals surface area contributed by atoms with Crippen LogP contribution in [0, 0.1) is 51.8 Å². The van der Waals surface area contributed by atoms with E-state index in [1.165, 1.54) is 30.4 Å². The molecule has 4 N–H and O–H groups in total. The molecule has 3 aromatic rings. The summed E-state index contributed by atoms with van der Waals surface area (Å²) in [6.45, 7) is 3.94. The van der Waals surface area contributed by atoms with Crippen molar-refractivity contribution in [1.82, 2.24) is 16.0 Å². The topological polar surface area (TPSA) is 109 Å². The molecule has 342 valence electrons. The van der Waals surface area contributed by atoms with Gasteiger partial charge in [0.1, 0.15) is 17.3 Å². The maximum atomic E-state index is 15.1. The zero-order valence-electron chi connectivity index (χ0n) is 38.9. The summed E-state index contributed by atoms with van der Waals surface area (Å²) in [6, 6.07) is 24.8. The molecule has 8 nitrogen and oxygen atoms in total. The van der Waals surface area contributed by atoms with Gasteiger partial charge in [-0.2, -0.15) is 0 Å². The number of carbonyl (C=O) groups excluding carboxylic acids is 2. The third kappa shape index (κ3) is 6.19. The molecule has 10 atom stereocenters. The smallest absolute Gasteiger partial charge is 0.340 e. The fourth-order valence-corrected chi connectivity index (χ4v) is 16.0. The summed E-state index contributed by atoms with van der Waals surface area (Å²) in [4.78, 5) is 30.2. The van der Waals surface area contributed by atoms with Crippen molar-refractivity contribution >= 4 is 17.5 Å². The first-order chi connectivity index (χ1) is 32.2. The Morgan fingerprint density at radius 3 is 2.59 bits per heavy atom. The number of nitrogens with one attached hydrogen (secondary N) is 3. The van der Waals surface area contributed by atoms with Crippen molar-refractivity contribution in [2.75, 3.05) is 20.6 Å². The van der Waals surface area contributed by atoms with E-state index in [2.05, 4.69) is 103 Å². The van der Waals surface area contributed by atoms with Crippen LogP contribution in [0.1, 0.15) is 101 Å². The molecule has 66 heavy (non-hydrogen) atoms. The zero-order chi connectivity index (χ0) is 45.0. The Labute approximate surface area is 390 Å². The van der Waals surface area contributed by atoms with Crippen molar-refractivity contribution in [3.8, 4) is 16.9 Å². The number of hydrogen-bond donors (Lipinski definition) is 4. The Morgan fingerprint density at radius 2 is 1.76 bits per heavy atom. The molecule has 2 bridgehead atoms. The summed E-state index contributed by atoms with van der Waals surface area (Å²) in [7, 11) is 4.03. The zero-order valence-corrected chi connectivity index (χ0v) is 38.9. The number of piperidine rings is 1. The molecule has 0 aromatic heterocycles. The van der Waals surface area contributed by atoms with Crippen LogP contribution in [0.4, 0.5) is 0 Å². The van der Waals surface area contributed by atoms with Gasteiger partial charge in [-0.15, -0.1) is 0 Å². The van der Waals surface area contributed by atoms with Crippen LogP contribution in [0.2, 0.25) is 0 Å². The quantitative estimate of drug-likeness (QED) is 0.124. The molecule has 3 aliphatic heterocycles. The Kier molecular flexibility index (Phi) is 10.3. The SMILES string of the molecule is CCC(C=C1OC(=O)C2=C(c3cc(O)ccc3-c3cccc(CNC)c3)C3CCC12C1C2=C(CCC31)C(=C1CCC34C=CC5CNC(NC)CC5C3(CCC4)C1)OC2=O)Cc1ccccc1. The third-order valence-corrected chi connectivity index (χ3v) is 18.8. The van der Waals surface area contributed by atoms with Crippen molar-refractivity contribution in [2.24, 2.45) is 51.8 Å². The molecule has 10 unspecified atom stereocenters. The highest BCUT2D eigenvalue weighted by Crippen LogP contribution is 2.74. The lowest BCUT2D eigenvalue weighted by Gasteiger charge is -2.59. The summed E-state index contributed by atoms with van der Waals surface area (Å²) in [6.07, 6.45) is 20.6. The minimum atomic E-state index is -0.836. The number of ether oxygens (including phenoxy) is 2. The Morgan fingerprint density at radius 1 is 0.894 bits per heavy atom. The maximum Gasteiger partial charge on any atom is 0.340 e. The average molecular weight is 884 g/mol. The molecule has 0 amide bonds. The van der Waals surface area contributed by atoms with Crippen molar-refractivity contribution in [1.29, 1.82) is 0 Å². The third-order valence-electron chi connectivity index (χ3n) is 18.8. The molecule has 8 heteroatoms. The van der Waals surface area contributed by atoms with E-state index in [9.17, 15) is 5.11 Å². The molecule has 3 aromatic carbocycles. The van der Waals surface area contributed by atoms with Gasteiger partial charge < -0.3 is 30.5 Å². The Bertz CT molecular complexity index is 2680. The van der Waals surface area contributed by atoms with Gasteiger partial charge in [-0.3, -0.25) is 0 Å². The van der Waals surface area contributed by atoms with Crippen LogP contribution in [0.25, 0.3) is 16.7 Å². The molecule has 3 heterocycles. The van der Waals surface area contributed by atoms with E-state index in [0.29, 0.717) is 29.3 Å². The first-order valence-corrected chi connectivity index (χ1v) is 25.3. The van der Waals surface area contributed by atoms with Gasteiger partial charge in [-0.1, -0.05) is 80.1 Å². The summed E-state index contributed by atoms with van der Waals surface area (Å²) >= 11 is 0. The molecule has 1 spiro atoms. The van der Waals surface area contributed by atoms with Gasteiger partial charge in [0.15, 0.2) is 0 Å².